The molecule has 150 valence electrons. The average Bonchev–Trinajstić information content (AvgIpc) is 3.04. The minimum atomic E-state index is -0.300. The van der Waals surface area contributed by atoms with Crippen molar-refractivity contribution in [2.24, 2.45) is 5.92 Å². The average molecular weight is 449 g/mol. The Kier molecular flexibility index (Phi) is 6.72. The first-order chi connectivity index (χ1) is 13.4. The molecule has 0 aliphatic carbocycles. The monoisotopic (exact) mass is 448 g/mol. The van der Waals surface area contributed by atoms with Crippen LogP contribution in [0.3, 0.4) is 0 Å². The Balaban J connectivity index is 1.60. The quantitative estimate of drug-likeness (QED) is 0.716. The van der Waals surface area contributed by atoms with E-state index in [1.165, 1.54) is 0 Å². The van der Waals surface area contributed by atoms with Crippen LogP contribution in [-0.2, 0) is 4.74 Å². The second-order valence-electron chi connectivity index (χ2n) is 7.25. The van der Waals surface area contributed by atoms with Gasteiger partial charge in [-0.1, -0.05) is 29.8 Å². The SMILES string of the molecule is CC(C)COC(=O)N1CCCN(C(=O)c2cnn(-c3ccc(Br)cc3)c2)CC1. The summed E-state index contributed by atoms with van der Waals surface area (Å²) in [5, 5.41) is 4.31. The van der Waals surface area contributed by atoms with E-state index in [1.807, 2.05) is 38.1 Å². The van der Waals surface area contributed by atoms with Gasteiger partial charge in [-0.3, -0.25) is 4.79 Å². The van der Waals surface area contributed by atoms with Crippen LogP contribution in [-0.4, -0.2) is 64.4 Å². The fourth-order valence-electron chi connectivity index (χ4n) is 2.98. The zero-order valence-electron chi connectivity index (χ0n) is 16.2. The second kappa shape index (κ2) is 9.23. The molecule has 0 bridgehead atoms. The van der Waals surface area contributed by atoms with Crippen LogP contribution in [0.1, 0.15) is 30.6 Å². The first-order valence-electron chi connectivity index (χ1n) is 9.45. The van der Waals surface area contributed by atoms with E-state index in [2.05, 4.69) is 21.0 Å². The van der Waals surface area contributed by atoms with Crippen LogP contribution in [0.2, 0.25) is 0 Å². The third kappa shape index (κ3) is 5.13. The summed E-state index contributed by atoms with van der Waals surface area (Å²) in [6.07, 6.45) is 3.75. The van der Waals surface area contributed by atoms with Gasteiger partial charge in [-0.2, -0.15) is 5.10 Å². The van der Waals surface area contributed by atoms with Crippen molar-refractivity contribution >= 4 is 27.9 Å². The van der Waals surface area contributed by atoms with Gasteiger partial charge in [-0.05, 0) is 36.6 Å². The Morgan fingerprint density at radius 2 is 1.79 bits per heavy atom. The van der Waals surface area contributed by atoms with Crippen molar-refractivity contribution < 1.29 is 14.3 Å². The first kappa shape index (κ1) is 20.4. The van der Waals surface area contributed by atoms with Gasteiger partial charge < -0.3 is 14.5 Å². The van der Waals surface area contributed by atoms with E-state index in [0.717, 1.165) is 16.6 Å². The molecule has 3 rings (SSSR count). The Morgan fingerprint density at radius 1 is 1.11 bits per heavy atom. The highest BCUT2D eigenvalue weighted by Crippen LogP contribution is 2.15. The predicted molar refractivity (Wildman–Crippen MR) is 110 cm³/mol. The van der Waals surface area contributed by atoms with Crippen molar-refractivity contribution in [1.82, 2.24) is 19.6 Å². The van der Waals surface area contributed by atoms with Gasteiger partial charge in [-0.25, -0.2) is 9.48 Å². The number of benzene rings is 1. The van der Waals surface area contributed by atoms with E-state index < -0.39 is 0 Å². The van der Waals surface area contributed by atoms with Gasteiger partial charge in [0.2, 0.25) is 0 Å². The van der Waals surface area contributed by atoms with Gasteiger partial charge in [0.25, 0.3) is 5.91 Å². The lowest BCUT2D eigenvalue weighted by molar-refractivity contribution is 0.0746. The summed E-state index contributed by atoms with van der Waals surface area (Å²) in [6, 6.07) is 7.72. The summed E-state index contributed by atoms with van der Waals surface area (Å²) < 4.78 is 7.98. The lowest BCUT2D eigenvalue weighted by Crippen LogP contribution is -2.37. The number of carbonyl (C=O) groups excluding carboxylic acids is 2. The lowest BCUT2D eigenvalue weighted by atomic mass is 10.2. The van der Waals surface area contributed by atoms with Crippen molar-refractivity contribution in [3.63, 3.8) is 0 Å². The highest BCUT2D eigenvalue weighted by Gasteiger charge is 2.24. The first-order valence-corrected chi connectivity index (χ1v) is 10.2. The molecule has 1 aliphatic rings. The number of ether oxygens (including phenoxy) is 1. The number of hydrogen-bond acceptors (Lipinski definition) is 4. The number of aromatic nitrogens is 2. The summed E-state index contributed by atoms with van der Waals surface area (Å²) in [5.74, 6) is 0.233. The number of halogens is 1. The summed E-state index contributed by atoms with van der Waals surface area (Å²) >= 11 is 3.41. The third-order valence-corrected chi connectivity index (χ3v) is 5.03. The van der Waals surface area contributed by atoms with Crippen LogP contribution in [0.25, 0.3) is 5.69 Å². The molecule has 28 heavy (non-hydrogen) atoms. The number of carbonyl (C=O) groups is 2. The lowest BCUT2D eigenvalue weighted by Gasteiger charge is -2.22. The molecular formula is C20H25BrN4O3. The molecule has 0 spiro atoms. The maximum absolute atomic E-state index is 12.9. The van der Waals surface area contributed by atoms with Crippen molar-refractivity contribution in [3.8, 4) is 5.69 Å². The molecule has 1 aliphatic heterocycles. The minimum Gasteiger partial charge on any atom is -0.449 e. The van der Waals surface area contributed by atoms with Crippen molar-refractivity contribution in [1.29, 1.82) is 0 Å². The maximum Gasteiger partial charge on any atom is 0.409 e. The van der Waals surface area contributed by atoms with Crippen LogP contribution < -0.4 is 0 Å². The molecule has 0 atom stereocenters. The maximum atomic E-state index is 12.9. The molecule has 0 radical (unpaired) electrons. The Labute approximate surface area is 173 Å². The van der Waals surface area contributed by atoms with Gasteiger partial charge in [0.1, 0.15) is 0 Å². The second-order valence-corrected chi connectivity index (χ2v) is 8.17. The van der Waals surface area contributed by atoms with E-state index in [0.29, 0.717) is 44.3 Å². The van der Waals surface area contributed by atoms with Crippen LogP contribution in [0.4, 0.5) is 4.79 Å². The fraction of sp³-hybridized carbons (Fsp3) is 0.450. The highest BCUT2D eigenvalue weighted by atomic mass is 79.9. The molecule has 1 aromatic heterocycles. The molecule has 1 aromatic carbocycles. The molecular weight excluding hydrogens is 424 g/mol. The van der Waals surface area contributed by atoms with E-state index in [9.17, 15) is 9.59 Å². The number of rotatable bonds is 4. The summed E-state index contributed by atoms with van der Waals surface area (Å²) in [4.78, 5) is 28.5. The molecule has 0 unspecified atom stereocenters. The molecule has 2 heterocycles. The van der Waals surface area contributed by atoms with Crippen LogP contribution in [0.5, 0.6) is 0 Å². The van der Waals surface area contributed by atoms with Gasteiger partial charge in [0.15, 0.2) is 0 Å². The fourth-order valence-corrected chi connectivity index (χ4v) is 3.25. The minimum absolute atomic E-state index is 0.0687. The predicted octanol–water partition coefficient (Wildman–Crippen LogP) is 3.58. The molecule has 2 aromatic rings. The van der Waals surface area contributed by atoms with Crippen molar-refractivity contribution in [3.05, 3.63) is 46.7 Å². The normalized spacial score (nSPS) is 14.9. The van der Waals surface area contributed by atoms with Crippen LogP contribution in [0.15, 0.2) is 41.1 Å². The van der Waals surface area contributed by atoms with E-state index in [1.54, 1.807) is 26.9 Å². The number of hydrogen-bond donors (Lipinski definition) is 0. The highest BCUT2D eigenvalue weighted by molar-refractivity contribution is 9.10. The topological polar surface area (TPSA) is 67.7 Å². The number of amides is 2. The molecule has 0 saturated carbocycles. The van der Waals surface area contributed by atoms with Gasteiger partial charge in [0, 0.05) is 36.8 Å². The molecule has 1 fully saturated rings. The van der Waals surface area contributed by atoms with Gasteiger partial charge in [-0.15, -0.1) is 0 Å². The van der Waals surface area contributed by atoms with E-state index in [4.69, 9.17) is 4.74 Å². The smallest absolute Gasteiger partial charge is 0.409 e. The molecule has 7 nitrogen and oxygen atoms in total. The number of nitrogens with zero attached hydrogens (tertiary/aromatic N) is 4. The Bertz CT molecular complexity index is 819. The zero-order valence-corrected chi connectivity index (χ0v) is 17.8. The van der Waals surface area contributed by atoms with E-state index in [-0.39, 0.29) is 12.0 Å². The summed E-state index contributed by atoms with van der Waals surface area (Å²) in [6.45, 7) is 6.58. The standard InChI is InChI=1S/C20H25BrN4O3/c1-15(2)14-28-20(27)24-9-3-8-23(10-11-24)19(26)16-12-22-25(13-16)18-6-4-17(21)5-7-18/h4-7,12-13,15H,3,8-11,14H2,1-2H3. The molecule has 8 heteroatoms. The van der Waals surface area contributed by atoms with Gasteiger partial charge in [0.05, 0.1) is 24.1 Å². The third-order valence-electron chi connectivity index (χ3n) is 4.50. The van der Waals surface area contributed by atoms with Crippen LogP contribution in [0, 0.1) is 5.92 Å². The van der Waals surface area contributed by atoms with Crippen molar-refractivity contribution in [2.75, 3.05) is 32.8 Å². The van der Waals surface area contributed by atoms with E-state index >= 15 is 0 Å². The Hall–Kier alpha value is -2.35. The molecule has 2 amide bonds. The Morgan fingerprint density at radius 3 is 2.50 bits per heavy atom. The van der Waals surface area contributed by atoms with Gasteiger partial charge >= 0.3 is 6.09 Å². The van der Waals surface area contributed by atoms with Crippen LogP contribution >= 0.6 is 15.9 Å². The largest absolute Gasteiger partial charge is 0.449 e. The van der Waals surface area contributed by atoms with Crippen molar-refractivity contribution in [2.45, 2.75) is 20.3 Å². The summed E-state index contributed by atoms with van der Waals surface area (Å²) in [5.41, 5.74) is 1.43. The zero-order chi connectivity index (χ0) is 20.1. The molecule has 1 saturated heterocycles. The summed E-state index contributed by atoms with van der Waals surface area (Å²) in [7, 11) is 0. The molecule has 0 N–H and O–H groups in total.